The monoisotopic (exact) mass is 522 g/mol. The van der Waals surface area contributed by atoms with E-state index in [2.05, 4.69) is 150 Å². The molecule has 41 heavy (non-hydrogen) atoms. The van der Waals surface area contributed by atoms with Crippen LogP contribution in [0.2, 0.25) is 0 Å². The molecule has 0 unspecified atom stereocenters. The van der Waals surface area contributed by atoms with E-state index in [1.54, 1.807) is 0 Å². The van der Waals surface area contributed by atoms with Crippen molar-refractivity contribution in [3.63, 3.8) is 0 Å². The lowest BCUT2D eigenvalue weighted by Gasteiger charge is -2.33. The standard InChI is InChI=1S/C39H26N2/c1-4-12-27(13-5-1)31-23-32(28-14-6-2-7-15-28)25-34(24-31)41-36-19-10-18-30-22-33(29-16-8-3-9-17-29)26-35(38(30)36)39-37(41)20-11-21-40-39/h1-26H. The first-order valence-corrected chi connectivity index (χ1v) is 14.0. The Balaban J connectivity index is 1.41. The highest BCUT2D eigenvalue weighted by Gasteiger charge is 2.28. The molecule has 0 spiro atoms. The van der Waals surface area contributed by atoms with Crippen molar-refractivity contribution in [2.45, 2.75) is 0 Å². The highest BCUT2D eigenvalue weighted by atomic mass is 15.2. The van der Waals surface area contributed by atoms with Crippen LogP contribution in [-0.2, 0) is 0 Å². The molecule has 0 atom stereocenters. The summed E-state index contributed by atoms with van der Waals surface area (Å²) >= 11 is 0. The van der Waals surface area contributed by atoms with Crippen LogP contribution < -0.4 is 4.90 Å². The summed E-state index contributed by atoms with van der Waals surface area (Å²) < 4.78 is 0. The predicted octanol–water partition coefficient (Wildman–Crippen LogP) is 10.7. The Hall–Kier alpha value is -5.47. The van der Waals surface area contributed by atoms with Crippen LogP contribution in [0.5, 0.6) is 0 Å². The SMILES string of the molecule is c1ccc(-c2cc(-c3ccccc3)cc(N3c4cccnc4-c4cc(-c5ccccc5)cc5cccc3c45)c2)cc1. The van der Waals surface area contributed by atoms with Crippen molar-refractivity contribution in [2.24, 2.45) is 0 Å². The van der Waals surface area contributed by atoms with Crippen molar-refractivity contribution in [3.05, 3.63) is 158 Å². The molecule has 1 aliphatic rings. The summed E-state index contributed by atoms with van der Waals surface area (Å²) in [5.41, 5.74) is 12.7. The summed E-state index contributed by atoms with van der Waals surface area (Å²) in [6, 6.07) is 54.3. The van der Waals surface area contributed by atoms with Gasteiger partial charge in [0.25, 0.3) is 0 Å². The maximum Gasteiger partial charge on any atom is 0.0949 e. The number of benzene rings is 6. The Morgan fingerprint density at radius 3 is 1.59 bits per heavy atom. The molecule has 0 saturated carbocycles. The molecule has 2 nitrogen and oxygen atoms in total. The summed E-state index contributed by atoms with van der Waals surface area (Å²) in [4.78, 5) is 7.36. The van der Waals surface area contributed by atoms with E-state index < -0.39 is 0 Å². The Bertz CT molecular complexity index is 1970. The van der Waals surface area contributed by atoms with Crippen LogP contribution in [0.3, 0.4) is 0 Å². The number of pyridine rings is 1. The highest BCUT2D eigenvalue weighted by Crippen LogP contribution is 2.51. The van der Waals surface area contributed by atoms with E-state index in [1.165, 1.54) is 55.4 Å². The summed E-state index contributed by atoms with van der Waals surface area (Å²) in [6.07, 6.45) is 1.90. The van der Waals surface area contributed by atoms with Crippen molar-refractivity contribution in [1.29, 1.82) is 0 Å². The second kappa shape index (κ2) is 9.62. The van der Waals surface area contributed by atoms with Gasteiger partial charge < -0.3 is 4.90 Å². The van der Waals surface area contributed by atoms with Gasteiger partial charge in [0.1, 0.15) is 0 Å². The predicted molar refractivity (Wildman–Crippen MR) is 172 cm³/mol. The fraction of sp³-hybridized carbons (Fsp3) is 0. The van der Waals surface area contributed by atoms with Crippen LogP contribution in [0.4, 0.5) is 17.1 Å². The third kappa shape index (κ3) is 4.00. The van der Waals surface area contributed by atoms with Crippen molar-refractivity contribution in [2.75, 3.05) is 4.90 Å². The molecule has 0 bridgehead atoms. The van der Waals surface area contributed by atoms with E-state index in [4.69, 9.17) is 4.98 Å². The first-order chi connectivity index (χ1) is 20.3. The van der Waals surface area contributed by atoms with Gasteiger partial charge >= 0.3 is 0 Å². The Labute approximate surface area is 239 Å². The highest BCUT2D eigenvalue weighted by molar-refractivity contribution is 6.14. The van der Waals surface area contributed by atoms with Gasteiger partial charge in [-0.1, -0.05) is 103 Å². The maximum atomic E-state index is 4.97. The Morgan fingerprint density at radius 1 is 0.415 bits per heavy atom. The zero-order valence-electron chi connectivity index (χ0n) is 22.4. The number of aromatic nitrogens is 1. The molecular formula is C39H26N2. The summed E-state index contributed by atoms with van der Waals surface area (Å²) in [6.45, 7) is 0. The first kappa shape index (κ1) is 23.4. The van der Waals surface area contributed by atoms with Crippen LogP contribution in [-0.4, -0.2) is 4.98 Å². The van der Waals surface area contributed by atoms with Crippen molar-refractivity contribution in [1.82, 2.24) is 4.98 Å². The first-order valence-electron chi connectivity index (χ1n) is 14.0. The van der Waals surface area contributed by atoms with Gasteiger partial charge in [0, 0.05) is 22.8 Å². The zero-order valence-corrected chi connectivity index (χ0v) is 22.4. The molecule has 0 amide bonds. The van der Waals surface area contributed by atoms with Gasteiger partial charge in [0.2, 0.25) is 0 Å². The van der Waals surface area contributed by atoms with Crippen molar-refractivity contribution >= 4 is 27.8 Å². The maximum absolute atomic E-state index is 4.97. The molecule has 8 rings (SSSR count). The second-order valence-corrected chi connectivity index (χ2v) is 10.5. The minimum Gasteiger partial charge on any atom is -0.308 e. The molecular weight excluding hydrogens is 496 g/mol. The van der Waals surface area contributed by atoms with Gasteiger partial charge in [-0.15, -0.1) is 0 Å². The van der Waals surface area contributed by atoms with Crippen LogP contribution in [0.1, 0.15) is 0 Å². The average molecular weight is 523 g/mol. The summed E-state index contributed by atoms with van der Waals surface area (Å²) in [5.74, 6) is 0. The molecule has 1 aromatic heterocycles. The van der Waals surface area contributed by atoms with Gasteiger partial charge in [-0.2, -0.15) is 0 Å². The largest absolute Gasteiger partial charge is 0.308 e. The summed E-state index contributed by atoms with van der Waals surface area (Å²) in [5, 5.41) is 2.44. The number of rotatable bonds is 4. The molecule has 0 radical (unpaired) electrons. The van der Waals surface area contributed by atoms with Gasteiger partial charge in [0.15, 0.2) is 0 Å². The van der Waals surface area contributed by atoms with E-state index in [-0.39, 0.29) is 0 Å². The molecule has 0 fully saturated rings. The Morgan fingerprint density at radius 2 is 0.976 bits per heavy atom. The van der Waals surface area contributed by atoms with Crippen LogP contribution in [0.15, 0.2) is 158 Å². The number of hydrogen-bond acceptors (Lipinski definition) is 2. The van der Waals surface area contributed by atoms with Gasteiger partial charge in [-0.3, -0.25) is 4.98 Å². The molecule has 0 aliphatic carbocycles. The van der Waals surface area contributed by atoms with E-state index in [9.17, 15) is 0 Å². The lowest BCUT2D eigenvalue weighted by Crippen LogP contribution is -2.16. The minimum atomic E-state index is 1.00. The number of hydrogen-bond donors (Lipinski definition) is 0. The molecule has 6 aromatic carbocycles. The number of fused-ring (bicyclic) bond motifs is 2. The van der Waals surface area contributed by atoms with E-state index in [0.717, 1.165) is 17.1 Å². The van der Waals surface area contributed by atoms with Crippen molar-refractivity contribution < 1.29 is 0 Å². The topological polar surface area (TPSA) is 16.1 Å². The molecule has 2 heteroatoms. The quantitative estimate of drug-likeness (QED) is 0.228. The minimum absolute atomic E-state index is 1.00. The molecule has 0 saturated heterocycles. The van der Waals surface area contributed by atoms with E-state index in [0.29, 0.717) is 0 Å². The Kier molecular flexibility index (Phi) is 5.49. The van der Waals surface area contributed by atoms with E-state index >= 15 is 0 Å². The summed E-state index contributed by atoms with van der Waals surface area (Å²) in [7, 11) is 0. The lowest BCUT2D eigenvalue weighted by atomic mass is 9.90. The molecule has 192 valence electrons. The van der Waals surface area contributed by atoms with Gasteiger partial charge in [0.05, 0.1) is 17.1 Å². The van der Waals surface area contributed by atoms with Crippen molar-refractivity contribution in [3.8, 4) is 44.6 Å². The third-order valence-corrected chi connectivity index (χ3v) is 7.98. The third-order valence-electron chi connectivity index (χ3n) is 7.98. The van der Waals surface area contributed by atoms with Gasteiger partial charge in [-0.25, -0.2) is 0 Å². The second-order valence-electron chi connectivity index (χ2n) is 10.5. The number of anilines is 3. The lowest BCUT2D eigenvalue weighted by molar-refractivity contribution is 1.23. The molecule has 7 aromatic rings. The van der Waals surface area contributed by atoms with Crippen LogP contribution in [0.25, 0.3) is 55.4 Å². The van der Waals surface area contributed by atoms with Gasteiger partial charge in [-0.05, 0) is 87.3 Å². The molecule has 1 aliphatic heterocycles. The average Bonchev–Trinajstić information content (AvgIpc) is 3.06. The fourth-order valence-corrected chi connectivity index (χ4v) is 6.11. The normalized spacial score (nSPS) is 11.9. The zero-order chi connectivity index (χ0) is 27.2. The van der Waals surface area contributed by atoms with Crippen LogP contribution in [0, 0.1) is 0 Å². The number of nitrogens with zero attached hydrogens (tertiary/aromatic N) is 2. The molecule has 2 heterocycles. The van der Waals surface area contributed by atoms with E-state index in [1.807, 2.05) is 12.3 Å². The fourth-order valence-electron chi connectivity index (χ4n) is 6.11. The smallest absolute Gasteiger partial charge is 0.0949 e. The van der Waals surface area contributed by atoms with Crippen LogP contribution >= 0.6 is 0 Å². The molecule has 0 N–H and O–H groups in total.